The molecule has 0 saturated carbocycles. The molecule has 0 radical (unpaired) electrons. The van der Waals surface area contributed by atoms with Crippen molar-refractivity contribution in [1.82, 2.24) is 15.5 Å². The fourth-order valence-electron chi connectivity index (χ4n) is 2.35. The highest BCUT2D eigenvalue weighted by Gasteiger charge is 2.49. The molecule has 1 saturated heterocycles. The molecule has 126 valence electrons. The van der Waals surface area contributed by atoms with Crippen molar-refractivity contribution in [3.05, 3.63) is 52.6 Å². The molecule has 0 bridgehead atoms. The fraction of sp³-hybridized carbons (Fsp3) is 0.267. The van der Waals surface area contributed by atoms with Crippen molar-refractivity contribution in [2.75, 3.05) is 13.1 Å². The summed E-state index contributed by atoms with van der Waals surface area (Å²) in [5, 5.41) is 15.9. The van der Waals surface area contributed by atoms with Crippen LogP contribution in [0.2, 0.25) is 0 Å². The first kappa shape index (κ1) is 17.1. The first-order valence-corrected chi connectivity index (χ1v) is 7.06. The molecule has 0 aromatic heterocycles. The zero-order valence-corrected chi connectivity index (χ0v) is 12.9. The summed E-state index contributed by atoms with van der Waals surface area (Å²) in [6.07, 6.45) is 1.47. The highest BCUT2D eigenvalue weighted by atomic mass is 16.6. The van der Waals surface area contributed by atoms with E-state index in [4.69, 9.17) is 0 Å². The Morgan fingerprint density at radius 2 is 2.21 bits per heavy atom. The smallest absolute Gasteiger partial charge is 0.325 e. The second-order valence-electron chi connectivity index (χ2n) is 5.35. The molecule has 0 spiro atoms. The van der Waals surface area contributed by atoms with Gasteiger partial charge in [0.05, 0.1) is 4.92 Å². The molecule has 9 nitrogen and oxygen atoms in total. The molecule has 1 aliphatic rings. The van der Waals surface area contributed by atoms with Gasteiger partial charge < -0.3 is 10.6 Å². The molecule has 1 atom stereocenters. The van der Waals surface area contributed by atoms with Gasteiger partial charge in [0.25, 0.3) is 11.6 Å². The van der Waals surface area contributed by atoms with E-state index in [0.29, 0.717) is 0 Å². The lowest BCUT2D eigenvalue weighted by molar-refractivity contribution is -0.385. The van der Waals surface area contributed by atoms with E-state index < -0.39 is 34.9 Å². The lowest BCUT2D eigenvalue weighted by Gasteiger charge is -2.21. The van der Waals surface area contributed by atoms with Crippen molar-refractivity contribution in [1.29, 1.82) is 0 Å². The first-order chi connectivity index (χ1) is 11.3. The SMILES string of the molecule is C=CCNC(=O)CN1C(=O)NC(C)(c2cccc([N+](=O)[O-])c2)C1=O. The molecule has 1 fully saturated rings. The van der Waals surface area contributed by atoms with Crippen molar-refractivity contribution in [2.45, 2.75) is 12.5 Å². The van der Waals surface area contributed by atoms with Crippen LogP contribution in [0.3, 0.4) is 0 Å². The van der Waals surface area contributed by atoms with E-state index >= 15 is 0 Å². The van der Waals surface area contributed by atoms with Gasteiger partial charge in [0.15, 0.2) is 0 Å². The second kappa shape index (κ2) is 6.49. The molecule has 24 heavy (non-hydrogen) atoms. The zero-order valence-electron chi connectivity index (χ0n) is 12.9. The van der Waals surface area contributed by atoms with Gasteiger partial charge in [-0.3, -0.25) is 24.6 Å². The van der Waals surface area contributed by atoms with Gasteiger partial charge in [-0.15, -0.1) is 6.58 Å². The molecular formula is C15H16N4O5. The number of carbonyl (C=O) groups is 3. The summed E-state index contributed by atoms with van der Waals surface area (Å²) in [6, 6.07) is 4.71. The summed E-state index contributed by atoms with van der Waals surface area (Å²) in [5.74, 6) is -1.16. The summed E-state index contributed by atoms with van der Waals surface area (Å²) in [5.41, 5.74) is -1.40. The minimum atomic E-state index is -1.47. The van der Waals surface area contributed by atoms with E-state index in [1.54, 1.807) is 0 Å². The summed E-state index contributed by atoms with van der Waals surface area (Å²) in [4.78, 5) is 47.5. The van der Waals surface area contributed by atoms with Crippen LogP contribution in [0.25, 0.3) is 0 Å². The number of hydrogen-bond acceptors (Lipinski definition) is 5. The Morgan fingerprint density at radius 3 is 2.83 bits per heavy atom. The van der Waals surface area contributed by atoms with Crippen molar-refractivity contribution in [3.63, 3.8) is 0 Å². The van der Waals surface area contributed by atoms with Crippen LogP contribution in [0.4, 0.5) is 10.5 Å². The van der Waals surface area contributed by atoms with Crippen LogP contribution < -0.4 is 10.6 Å². The maximum Gasteiger partial charge on any atom is 0.325 e. The summed E-state index contributed by atoms with van der Waals surface area (Å²) < 4.78 is 0. The van der Waals surface area contributed by atoms with Crippen LogP contribution in [0, 0.1) is 10.1 Å². The number of carbonyl (C=O) groups excluding carboxylic acids is 3. The minimum Gasteiger partial charge on any atom is -0.351 e. The summed E-state index contributed by atoms with van der Waals surface area (Å²) in [6.45, 7) is 4.66. The lowest BCUT2D eigenvalue weighted by Crippen LogP contribution is -2.43. The van der Waals surface area contributed by atoms with Crippen LogP contribution in [0.1, 0.15) is 12.5 Å². The van der Waals surface area contributed by atoms with Gasteiger partial charge in [-0.25, -0.2) is 4.79 Å². The number of imide groups is 1. The zero-order chi connectivity index (χ0) is 17.9. The lowest BCUT2D eigenvalue weighted by atomic mass is 9.91. The molecule has 4 amide bonds. The van der Waals surface area contributed by atoms with Gasteiger partial charge in [-0.1, -0.05) is 18.2 Å². The highest BCUT2D eigenvalue weighted by molar-refractivity contribution is 6.09. The third-order valence-electron chi connectivity index (χ3n) is 3.65. The van der Waals surface area contributed by atoms with E-state index in [-0.39, 0.29) is 17.8 Å². The number of amides is 4. The number of nitrogens with zero attached hydrogens (tertiary/aromatic N) is 2. The number of urea groups is 1. The minimum absolute atomic E-state index is 0.196. The van der Waals surface area contributed by atoms with Gasteiger partial charge in [0, 0.05) is 18.7 Å². The Kier molecular flexibility index (Phi) is 4.63. The van der Waals surface area contributed by atoms with E-state index in [2.05, 4.69) is 17.2 Å². The Labute approximate surface area is 137 Å². The van der Waals surface area contributed by atoms with Gasteiger partial charge in [0.1, 0.15) is 12.1 Å². The van der Waals surface area contributed by atoms with Crippen molar-refractivity contribution >= 4 is 23.5 Å². The maximum absolute atomic E-state index is 12.6. The summed E-state index contributed by atoms with van der Waals surface area (Å²) in [7, 11) is 0. The van der Waals surface area contributed by atoms with Crippen LogP contribution >= 0.6 is 0 Å². The van der Waals surface area contributed by atoms with Crippen LogP contribution in [-0.2, 0) is 15.1 Å². The monoisotopic (exact) mass is 332 g/mol. The highest BCUT2D eigenvalue weighted by Crippen LogP contribution is 2.30. The number of nitro groups is 1. The van der Waals surface area contributed by atoms with Crippen molar-refractivity contribution in [3.8, 4) is 0 Å². The van der Waals surface area contributed by atoms with Gasteiger partial charge >= 0.3 is 6.03 Å². The average molecular weight is 332 g/mol. The first-order valence-electron chi connectivity index (χ1n) is 7.06. The molecule has 2 rings (SSSR count). The normalized spacial score (nSPS) is 19.8. The van der Waals surface area contributed by atoms with E-state index in [0.717, 1.165) is 4.90 Å². The topological polar surface area (TPSA) is 122 Å². The fourth-order valence-corrected chi connectivity index (χ4v) is 2.35. The molecule has 1 aromatic carbocycles. The van der Waals surface area contributed by atoms with E-state index in [1.807, 2.05) is 0 Å². The van der Waals surface area contributed by atoms with E-state index in [1.165, 1.54) is 37.3 Å². The molecular weight excluding hydrogens is 316 g/mol. The Balaban J connectivity index is 2.26. The van der Waals surface area contributed by atoms with Gasteiger partial charge in [-0.2, -0.15) is 0 Å². The Bertz CT molecular complexity index is 732. The average Bonchev–Trinajstić information content (AvgIpc) is 2.77. The molecule has 0 aliphatic carbocycles. The number of nitrogens with one attached hydrogen (secondary N) is 2. The third-order valence-corrected chi connectivity index (χ3v) is 3.65. The maximum atomic E-state index is 12.6. The molecule has 9 heteroatoms. The molecule has 1 heterocycles. The Hall–Kier alpha value is -3.23. The predicted molar refractivity (Wildman–Crippen MR) is 83.9 cm³/mol. The van der Waals surface area contributed by atoms with Crippen LogP contribution in [0.5, 0.6) is 0 Å². The number of nitro benzene ring substituents is 1. The van der Waals surface area contributed by atoms with Crippen LogP contribution in [-0.4, -0.2) is 40.8 Å². The quantitative estimate of drug-likeness (QED) is 0.343. The molecule has 1 unspecified atom stereocenters. The number of non-ortho nitro benzene ring substituents is 1. The van der Waals surface area contributed by atoms with Gasteiger partial charge in [-0.05, 0) is 12.5 Å². The Morgan fingerprint density at radius 1 is 1.50 bits per heavy atom. The number of rotatable bonds is 6. The third kappa shape index (κ3) is 3.09. The number of benzene rings is 1. The van der Waals surface area contributed by atoms with Gasteiger partial charge in [0.2, 0.25) is 5.91 Å². The second-order valence-corrected chi connectivity index (χ2v) is 5.35. The van der Waals surface area contributed by atoms with Crippen LogP contribution in [0.15, 0.2) is 36.9 Å². The molecule has 2 N–H and O–H groups in total. The van der Waals surface area contributed by atoms with Crippen molar-refractivity contribution in [2.24, 2.45) is 0 Å². The number of hydrogen-bond donors (Lipinski definition) is 2. The predicted octanol–water partition coefficient (Wildman–Crippen LogP) is 0.664. The summed E-state index contributed by atoms with van der Waals surface area (Å²) >= 11 is 0. The molecule has 1 aromatic rings. The standard InChI is InChI=1S/C15H16N4O5/c1-3-7-16-12(20)9-18-13(21)15(2,17-14(18)22)10-5-4-6-11(8-10)19(23)24/h3-6,8H,1,7,9H2,2H3,(H,16,20)(H,17,22). The van der Waals surface area contributed by atoms with Crippen molar-refractivity contribution < 1.29 is 19.3 Å². The molecule has 1 aliphatic heterocycles. The van der Waals surface area contributed by atoms with E-state index in [9.17, 15) is 24.5 Å². The largest absolute Gasteiger partial charge is 0.351 e.